The highest BCUT2D eigenvalue weighted by Gasteiger charge is 2.37. The second-order valence-electron chi connectivity index (χ2n) is 6.23. The van der Waals surface area contributed by atoms with Crippen LogP contribution in [-0.2, 0) is 6.18 Å². The average Bonchev–Trinajstić information content (AvgIpc) is 2.67. The molecule has 4 nitrogen and oxygen atoms in total. The Labute approximate surface area is 120 Å². The standard InChI is InChI=1S/C14H17F3N2O2/c1-13(2)6-5-9(8-13)18-12-4-3-10(19(20)21)7-11(12)14(15,16)17/h3-4,7,9,18H,5-6,8H2,1-2H3. The van der Waals surface area contributed by atoms with Crippen molar-refractivity contribution in [3.05, 3.63) is 33.9 Å². The van der Waals surface area contributed by atoms with Crippen molar-refractivity contribution < 1.29 is 18.1 Å². The molecule has 0 aliphatic heterocycles. The summed E-state index contributed by atoms with van der Waals surface area (Å²) in [5.74, 6) is 0. The van der Waals surface area contributed by atoms with Crippen molar-refractivity contribution in [3.63, 3.8) is 0 Å². The van der Waals surface area contributed by atoms with Crippen LogP contribution < -0.4 is 5.32 Å². The summed E-state index contributed by atoms with van der Waals surface area (Å²) in [7, 11) is 0. The molecule has 0 radical (unpaired) electrons. The molecule has 1 fully saturated rings. The Bertz CT molecular complexity index is 556. The second-order valence-corrected chi connectivity index (χ2v) is 6.23. The average molecular weight is 302 g/mol. The Balaban J connectivity index is 2.29. The highest BCUT2D eigenvalue weighted by Crippen LogP contribution is 2.41. The van der Waals surface area contributed by atoms with E-state index in [-0.39, 0.29) is 17.1 Å². The number of rotatable bonds is 3. The lowest BCUT2D eigenvalue weighted by atomic mass is 9.92. The molecule has 116 valence electrons. The molecule has 1 aliphatic carbocycles. The van der Waals surface area contributed by atoms with Gasteiger partial charge in [-0.15, -0.1) is 0 Å². The third-order valence-corrected chi connectivity index (χ3v) is 3.85. The SMILES string of the molecule is CC1(C)CCC(Nc2ccc([N+](=O)[O-])cc2C(F)(F)F)C1. The molecule has 0 saturated heterocycles. The van der Waals surface area contributed by atoms with Crippen molar-refractivity contribution in [1.82, 2.24) is 0 Å². The van der Waals surface area contributed by atoms with Crippen LogP contribution in [0.4, 0.5) is 24.5 Å². The molecule has 1 aliphatic rings. The molecule has 1 aromatic rings. The fraction of sp³-hybridized carbons (Fsp3) is 0.571. The first-order chi connectivity index (χ1) is 9.58. The van der Waals surface area contributed by atoms with Crippen molar-refractivity contribution in [2.45, 2.75) is 45.3 Å². The summed E-state index contributed by atoms with van der Waals surface area (Å²) in [5.41, 5.74) is -1.52. The number of alkyl halides is 3. The van der Waals surface area contributed by atoms with E-state index in [1.54, 1.807) is 0 Å². The van der Waals surface area contributed by atoms with Crippen molar-refractivity contribution in [2.75, 3.05) is 5.32 Å². The van der Waals surface area contributed by atoms with Gasteiger partial charge in [0, 0.05) is 23.9 Å². The van der Waals surface area contributed by atoms with Crippen LogP contribution in [-0.4, -0.2) is 11.0 Å². The summed E-state index contributed by atoms with van der Waals surface area (Å²) >= 11 is 0. The van der Waals surface area contributed by atoms with Crippen LogP contribution in [0.15, 0.2) is 18.2 Å². The third-order valence-electron chi connectivity index (χ3n) is 3.85. The molecular formula is C14H17F3N2O2. The molecule has 1 aromatic carbocycles. The molecule has 1 unspecified atom stereocenters. The summed E-state index contributed by atoms with van der Waals surface area (Å²) in [6.45, 7) is 4.16. The van der Waals surface area contributed by atoms with Crippen molar-refractivity contribution in [3.8, 4) is 0 Å². The predicted octanol–water partition coefficient (Wildman–Crippen LogP) is 4.60. The molecule has 0 amide bonds. The van der Waals surface area contributed by atoms with Gasteiger partial charge in [-0.3, -0.25) is 10.1 Å². The Morgan fingerprint density at radius 2 is 2.05 bits per heavy atom. The summed E-state index contributed by atoms with van der Waals surface area (Å²) in [5, 5.41) is 13.5. The molecule has 0 heterocycles. The van der Waals surface area contributed by atoms with E-state index in [1.807, 2.05) is 0 Å². The number of anilines is 1. The number of benzene rings is 1. The fourth-order valence-corrected chi connectivity index (χ4v) is 2.79. The number of nitrogens with one attached hydrogen (secondary N) is 1. The zero-order valence-corrected chi connectivity index (χ0v) is 11.8. The first-order valence-corrected chi connectivity index (χ1v) is 6.71. The molecule has 0 spiro atoms. The van der Waals surface area contributed by atoms with Crippen LogP contribution in [0.2, 0.25) is 0 Å². The maximum Gasteiger partial charge on any atom is 0.418 e. The van der Waals surface area contributed by atoms with E-state index in [2.05, 4.69) is 19.2 Å². The van der Waals surface area contributed by atoms with E-state index in [0.29, 0.717) is 6.07 Å². The molecule has 2 rings (SSSR count). The minimum absolute atomic E-state index is 0.0393. The first-order valence-electron chi connectivity index (χ1n) is 6.71. The van der Waals surface area contributed by atoms with E-state index in [0.717, 1.165) is 31.4 Å². The van der Waals surface area contributed by atoms with Gasteiger partial charge in [-0.25, -0.2) is 0 Å². The molecule has 1 N–H and O–H groups in total. The number of halogens is 3. The topological polar surface area (TPSA) is 55.2 Å². The molecule has 1 atom stereocenters. The fourth-order valence-electron chi connectivity index (χ4n) is 2.79. The van der Waals surface area contributed by atoms with Crippen LogP contribution in [0.5, 0.6) is 0 Å². The number of hydrogen-bond acceptors (Lipinski definition) is 3. The van der Waals surface area contributed by atoms with Gasteiger partial charge in [-0.2, -0.15) is 13.2 Å². The largest absolute Gasteiger partial charge is 0.418 e. The summed E-state index contributed by atoms with van der Waals surface area (Å²) in [4.78, 5) is 9.82. The molecular weight excluding hydrogens is 285 g/mol. The predicted molar refractivity (Wildman–Crippen MR) is 73.1 cm³/mol. The Kier molecular flexibility index (Phi) is 3.86. The Morgan fingerprint density at radius 3 is 2.52 bits per heavy atom. The monoisotopic (exact) mass is 302 g/mol. The second kappa shape index (κ2) is 5.20. The lowest BCUT2D eigenvalue weighted by Gasteiger charge is -2.21. The van der Waals surface area contributed by atoms with Gasteiger partial charge in [0.25, 0.3) is 5.69 Å². The lowest BCUT2D eigenvalue weighted by molar-refractivity contribution is -0.385. The smallest absolute Gasteiger partial charge is 0.382 e. The normalized spacial score (nSPS) is 21.3. The van der Waals surface area contributed by atoms with Gasteiger partial charge in [-0.1, -0.05) is 13.8 Å². The molecule has 0 bridgehead atoms. The lowest BCUT2D eigenvalue weighted by Crippen LogP contribution is -2.20. The van der Waals surface area contributed by atoms with Crippen molar-refractivity contribution in [2.24, 2.45) is 5.41 Å². The zero-order valence-electron chi connectivity index (χ0n) is 11.8. The van der Waals surface area contributed by atoms with Gasteiger partial charge in [0.2, 0.25) is 0 Å². The third kappa shape index (κ3) is 3.65. The van der Waals surface area contributed by atoms with Crippen molar-refractivity contribution in [1.29, 1.82) is 0 Å². The number of nitrogens with zero attached hydrogens (tertiary/aromatic N) is 1. The maximum atomic E-state index is 13.1. The van der Waals surface area contributed by atoms with E-state index >= 15 is 0 Å². The first kappa shape index (κ1) is 15.6. The minimum Gasteiger partial charge on any atom is -0.382 e. The summed E-state index contributed by atoms with van der Waals surface area (Å²) < 4.78 is 39.2. The van der Waals surface area contributed by atoms with Gasteiger partial charge >= 0.3 is 6.18 Å². The number of nitro groups is 1. The van der Waals surface area contributed by atoms with Crippen molar-refractivity contribution >= 4 is 11.4 Å². The van der Waals surface area contributed by atoms with Gasteiger partial charge < -0.3 is 5.32 Å². The summed E-state index contributed by atoms with van der Waals surface area (Å²) in [6, 6.07) is 2.79. The maximum absolute atomic E-state index is 13.1. The minimum atomic E-state index is -4.62. The Hall–Kier alpha value is -1.79. The number of hydrogen-bond donors (Lipinski definition) is 1. The van der Waals surface area contributed by atoms with E-state index in [1.165, 1.54) is 0 Å². The van der Waals surface area contributed by atoms with Crippen LogP contribution in [0.3, 0.4) is 0 Å². The van der Waals surface area contributed by atoms with Crippen LogP contribution in [0, 0.1) is 15.5 Å². The van der Waals surface area contributed by atoms with Gasteiger partial charge in [0.1, 0.15) is 0 Å². The van der Waals surface area contributed by atoms with E-state index in [4.69, 9.17) is 0 Å². The van der Waals surface area contributed by atoms with Crippen LogP contribution >= 0.6 is 0 Å². The van der Waals surface area contributed by atoms with Gasteiger partial charge in [0.05, 0.1) is 10.5 Å². The number of nitro benzene ring substituents is 1. The molecule has 21 heavy (non-hydrogen) atoms. The van der Waals surface area contributed by atoms with E-state index in [9.17, 15) is 23.3 Å². The summed E-state index contributed by atoms with van der Waals surface area (Å²) in [6.07, 6.45) is -2.11. The Morgan fingerprint density at radius 1 is 1.38 bits per heavy atom. The van der Waals surface area contributed by atoms with Crippen LogP contribution in [0.1, 0.15) is 38.7 Å². The van der Waals surface area contributed by atoms with Gasteiger partial charge in [0.15, 0.2) is 0 Å². The van der Waals surface area contributed by atoms with E-state index < -0.39 is 22.4 Å². The zero-order chi connectivity index (χ0) is 15.8. The van der Waals surface area contributed by atoms with Gasteiger partial charge in [-0.05, 0) is 30.7 Å². The molecule has 1 saturated carbocycles. The highest BCUT2D eigenvalue weighted by atomic mass is 19.4. The number of non-ortho nitro benzene ring substituents is 1. The van der Waals surface area contributed by atoms with Crippen LogP contribution in [0.25, 0.3) is 0 Å². The molecule has 0 aromatic heterocycles. The quantitative estimate of drug-likeness (QED) is 0.655. The highest BCUT2D eigenvalue weighted by molar-refractivity contribution is 5.58. The molecule has 7 heteroatoms.